The standard InChI is InChI=1S/C21H23NO3/c1-22(2)12-7-13-24-19-10-5-3-8-16(19)14-17-15-25-20-11-6-4-9-18(20)21(17)23/h3-6,8-11,14H,7,12-13,15H2,1-2H3/b17-14+. The maximum atomic E-state index is 12.7. The van der Waals surface area contributed by atoms with Crippen molar-refractivity contribution in [1.82, 2.24) is 4.90 Å². The maximum absolute atomic E-state index is 12.7. The van der Waals surface area contributed by atoms with Gasteiger partial charge in [-0.25, -0.2) is 0 Å². The summed E-state index contributed by atoms with van der Waals surface area (Å²) in [5, 5.41) is 0. The number of Topliss-reactive ketones (excluding diaryl/α,β-unsaturated/α-hetero) is 1. The van der Waals surface area contributed by atoms with E-state index in [9.17, 15) is 4.79 Å². The molecule has 0 aromatic heterocycles. The number of hydrogen-bond donors (Lipinski definition) is 0. The summed E-state index contributed by atoms with van der Waals surface area (Å²) in [4.78, 5) is 14.8. The normalized spacial score (nSPS) is 15.2. The van der Waals surface area contributed by atoms with Gasteiger partial charge in [0.05, 0.1) is 12.2 Å². The van der Waals surface area contributed by atoms with Crippen LogP contribution in [0.1, 0.15) is 22.3 Å². The van der Waals surface area contributed by atoms with Gasteiger partial charge in [0.15, 0.2) is 5.78 Å². The van der Waals surface area contributed by atoms with Crippen molar-refractivity contribution in [3.63, 3.8) is 0 Å². The minimum absolute atomic E-state index is 0.0178. The Balaban J connectivity index is 1.76. The molecule has 0 saturated heterocycles. The highest BCUT2D eigenvalue weighted by atomic mass is 16.5. The monoisotopic (exact) mass is 337 g/mol. The number of para-hydroxylation sites is 2. The maximum Gasteiger partial charge on any atom is 0.196 e. The van der Waals surface area contributed by atoms with Gasteiger partial charge in [0.2, 0.25) is 0 Å². The number of benzene rings is 2. The molecule has 130 valence electrons. The Hall–Kier alpha value is -2.59. The Labute approximate surface area is 148 Å². The predicted octanol–water partition coefficient (Wildman–Crippen LogP) is 3.68. The Bertz CT molecular complexity index is 780. The summed E-state index contributed by atoms with van der Waals surface area (Å²) in [6, 6.07) is 15.1. The van der Waals surface area contributed by atoms with Crippen LogP contribution in [0.2, 0.25) is 0 Å². The molecule has 0 N–H and O–H groups in total. The van der Waals surface area contributed by atoms with Gasteiger partial charge in [-0.05, 0) is 44.8 Å². The molecule has 0 atom stereocenters. The molecule has 2 aromatic rings. The van der Waals surface area contributed by atoms with Crippen molar-refractivity contribution in [2.45, 2.75) is 6.42 Å². The number of ether oxygens (including phenoxy) is 2. The summed E-state index contributed by atoms with van der Waals surface area (Å²) in [5.41, 5.74) is 2.16. The van der Waals surface area contributed by atoms with Crippen molar-refractivity contribution >= 4 is 11.9 Å². The molecule has 4 nitrogen and oxygen atoms in total. The van der Waals surface area contributed by atoms with Gasteiger partial charge in [0.25, 0.3) is 0 Å². The number of rotatable bonds is 6. The van der Waals surface area contributed by atoms with E-state index in [0.717, 1.165) is 24.3 Å². The summed E-state index contributed by atoms with van der Waals surface area (Å²) in [7, 11) is 4.09. The van der Waals surface area contributed by atoms with Gasteiger partial charge in [-0.1, -0.05) is 30.3 Å². The number of carbonyl (C=O) groups is 1. The van der Waals surface area contributed by atoms with Gasteiger partial charge < -0.3 is 14.4 Å². The van der Waals surface area contributed by atoms with Gasteiger partial charge in [0.1, 0.15) is 18.1 Å². The van der Waals surface area contributed by atoms with Gasteiger partial charge in [-0.3, -0.25) is 4.79 Å². The first-order valence-corrected chi connectivity index (χ1v) is 8.49. The van der Waals surface area contributed by atoms with Crippen molar-refractivity contribution < 1.29 is 14.3 Å². The smallest absolute Gasteiger partial charge is 0.196 e. The molecule has 0 bridgehead atoms. The summed E-state index contributed by atoms with van der Waals surface area (Å²) in [6.07, 6.45) is 2.83. The number of hydrogen-bond acceptors (Lipinski definition) is 4. The van der Waals surface area contributed by atoms with Crippen LogP contribution in [0.25, 0.3) is 6.08 Å². The minimum Gasteiger partial charge on any atom is -0.493 e. The molecule has 1 heterocycles. The summed E-state index contributed by atoms with van der Waals surface area (Å²) >= 11 is 0. The lowest BCUT2D eigenvalue weighted by molar-refractivity contribution is 0.100. The Morgan fingerprint density at radius 1 is 1.12 bits per heavy atom. The first-order chi connectivity index (χ1) is 12.1. The van der Waals surface area contributed by atoms with Gasteiger partial charge in [0, 0.05) is 17.7 Å². The van der Waals surface area contributed by atoms with Crippen LogP contribution < -0.4 is 9.47 Å². The third-order valence-corrected chi connectivity index (χ3v) is 4.06. The average molecular weight is 337 g/mol. The number of ketones is 1. The zero-order valence-corrected chi connectivity index (χ0v) is 14.7. The molecule has 0 fully saturated rings. The molecule has 0 spiro atoms. The minimum atomic E-state index is 0.0178. The van der Waals surface area contributed by atoms with E-state index in [0.29, 0.717) is 23.5 Å². The highest BCUT2D eigenvalue weighted by Crippen LogP contribution is 2.29. The van der Waals surface area contributed by atoms with Crippen LogP contribution in [-0.2, 0) is 0 Å². The van der Waals surface area contributed by atoms with E-state index in [4.69, 9.17) is 9.47 Å². The second-order valence-electron chi connectivity index (χ2n) is 6.33. The van der Waals surface area contributed by atoms with Crippen molar-refractivity contribution in [2.75, 3.05) is 33.9 Å². The van der Waals surface area contributed by atoms with Crippen LogP contribution >= 0.6 is 0 Å². The van der Waals surface area contributed by atoms with Crippen LogP contribution in [0.3, 0.4) is 0 Å². The summed E-state index contributed by atoms with van der Waals surface area (Å²) in [5.74, 6) is 1.46. The average Bonchev–Trinajstić information content (AvgIpc) is 2.62. The van der Waals surface area contributed by atoms with Crippen molar-refractivity contribution in [1.29, 1.82) is 0 Å². The van der Waals surface area contributed by atoms with Gasteiger partial charge >= 0.3 is 0 Å². The van der Waals surface area contributed by atoms with Crippen LogP contribution in [0, 0.1) is 0 Å². The van der Waals surface area contributed by atoms with Crippen LogP contribution in [0.5, 0.6) is 11.5 Å². The molecule has 0 radical (unpaired) electrons. The Kier molecular flexibility index (Phi) is 5.51. The van der Waals surface area contributed by atoms with Gasteiger partial charge in [-0.2, -0.15) is 0 Å². The fraction of sp³-hybridized carbons (Fsp3) is 0.286. The van der Waals surface area contributed by atoms with E-state index >= 15 is 0 Å². The highest BCUT2D eigenvalue weighted by molar-refractivity contribution is 6.14. The quantitative estimate of drug-likeness (QED) is 0.595. The molecule has 4 heteroatoms. The number of carbonyl (C=O) groups excluding carboxylic acids is 1. The van der Waals surface area contributed by atoms with Crippen LogP contribution in [0.4, 0.5) is 0 Å². The van der Waals surface area contributed by atoms with Crippen molar-refractivity contribution in [3.05, 3.63) is 65.2 Å². The first kappa shape index (κ1) is 17.2. The molecule has 0 saturated carbocycles. The third kappa shape index (κ3) is 4.28. The highest BCUT2D eigenvalue weighted by Gasteiger charge is 2.23. The third-order valence-electron chi connectivity index (χ3n) is 4.06. The lowest BCUT2D eigenvalue weighted by atomic mass is 9.98. The van der Waals surface area contributed by atoms with Crippen LogP contribution in [0.15, 0.2) is 54.1 Å². The van der Waals surface area contributed by atoms with Crippen LogP contribution in [-0.4, -0.2) is 44.5 Å². The van der Waals surface area contributed by atoms with Crippen molar-refractivity contribution in [3.8, 4) is 11.5 Å². The lowest BCUT2D eigenvalue weighted by Gasteiger charge is -2.19. The number of nitrogens with zero attached hydrogens (tertiary/aromatic N) is 1. The summed E-state index contributed by atoms with van der Waals surface area (Å²) in [6.45, 7) is 1.91. The fourth-order valence-electron chi connectivity index (χ4n) is 2.76. The van der Waals surface area contributed by atoms with E-state index in [1.807, 2.05) is 62.6 Å². The molecule has 0 aliphatic carbocycles. The fourth-order valence-corrected chi connectivity index (χ4v) is 2.76. The lowest BCUT2D eigenvalue weighted by Crippen LogP contribution is -2.19. The molecule has 0 amide bonds. The molecule has 1 aliphatic rings. The second-order valence-corrected chi connectivity index (χ2v) is 6.33. The molecule has 25 heavy (non-hydrogen) atoms. The topological polar surface area (TPSA) is 38.8 Å². The van der Waals surface area contributed by atoms with E-state index < -0.39 is 0 Å². The molecular weight excluding hydrogens is 314 g/mol. The SMILES string of the molecule is CN(C)CCCOc1ccccc1/C=C1\COc2ccccc2C1=O. The zero-order valence-electron chi connectivity index (χ0n) is 14.7. The molecule has 0 unspecified atom stereocenters. The Morgan fingerprint density at radius 3 is 2.72 bits per heavy atom. The molecule has 2 aromatic carbocycles. The van der Waals surface area contributed by atoms with E-state index in [1.54, 1.807) is 6.07 Å². The number of fused-ring (bicyclic) bond motifs is 1. The predicted molar refractivity (Wildman–Crippen MR) is 99.4 cm³/mol. The summed E-state index contributed by atoms with van der Waals surface area (Å²) < 4.78 is 11.6. The van der Waals surface area contributed by atoms with Gasteiger partial charge in [-0.15, -0.1) is 0 Å². The zero-order chi connectivity index (χ0) is 17.6. The first-order valence-electron chi connectivity index (χ1n) is 8.49. The molecular formula is C21H23NO3. The molecule has 3 rings (SSSR count). The van der Waals surface area contributed by atoms with Crippen molar-refractivity contribution in [2.24, 2.45) is 0 Å². The van der Waals surface area contributed by atoms with E-state index in [1.165, 1.54) is 0 Å². The molecule has 1 aliphatic heterocycles. The van der Waals surface area contributed by atoms with E-state index in [-0.39, 0.29) is 12.4 Å². The second kappa shape index (κ2) is 7.99. The largest absolute Gasteiger partial charge is 0.493 e. The van der Waals surface area contributed by atoms with E-state index in [2.05, 4.69) is 4.90 Å². The Morgan fingerprint density at radius 2 is 1.88 bits per heavy atom.